The van der Waals surface area contributed by atoms with Crippen LogP contribution in [0.2, 0.25) is 8.67 Å². The van der Waals surface area contributed by atoms with Crippen LogP contribution in [0.3, 0.4) is 0 Å². The Balaban J connectivity index is 1.92. The first-order valence-corrected chi connectivity index (χ1v) is 9.13. The van der Waals surface area contributed by atoms with Crippen molar-refractivity contribution in [2.45, 2.75) is 38.1 Å². The standard InChI is InChI=1S/C14H16Cl2N2S2/c1-8-3-2-4-14(17,6-8)13-18-10(7-19-13)9-5-11(15)20-12(9)16/h5,7-8H,2-4,6,17H2,1H3. The lowest BCUT2D eigenvalue weighted by molar-refractivity contribution is 0.238. The summed E-state index contributed by atoms with van der Waals surface area (Å²) in [5, 5.41) is 3.06. The molecule has 2 atom stereocenters. The monoisotopic (exact) mass is 346 g/mol. The van der Waals surface area contributed by atoms with Crippen molar-refractivity contribution in [3.8, 4) is 11.3 Å². The Hall–Kier alpha value is -0.130. The smallest absolute Gasteiger partial charge is 0.113 e. The van der Waals surface area contributed by atoms with Crippen LogP contribution < -0.4 is 5.73 Å². The molecule has 2 heterocycles. The third-order valence-electron chi connectivity index (χ3n) is 3.90. The first kappa shape index (κ1) is 14.8. The lowest BCUT2D eigenvalue weighted by Gasteiger charge is -2.35. The van der Waals surface area contributed by atoms with Crippen LogP contribution in [0.25, 0.3) is 11.3 Å². The molecule has 0 amide bonds. The van der Waals surface area contributed by atoms with Gasteiger partial charge in [-0.05, 0) is 24.8 Å². The van der Waals surface area contributed by atoms with Gasteiger partial charge in [0.05, 0.1) is 15.6 Å². The van der Waals surface area contributed by atoms with E-state index in [1.165, 1.54) is 24.2 Å². The SMILES string of the molecule is CC1CCCC(N)(c2nc(-c3cc(Cl)sc3Cl)cs2)C1. The van der Waals surface area contributed by atoms with E-state index >= 15 is 0 Å². The highest BCUT2D eigenvalue weighted by atomic mass is 35.5. The maximum absolute atomic E-state index is 6.60. The van der Waals surface area contributed by atoms with E-state index in [2.05, 4.69) is 6.92 Å². The number of hydrogen-bond acceptors (Lipinski definition) is 4. The van der Waals surface area contributed by atoms with Crippen LogP contribution in [0.15, 0.2) is 11.4 Å². The molecule has 3 rings (SSSR count). The van der Waals surface area contributed by atoms with Gasteiger partial charge in [0.2, 0.25) is 0 Å². The van der Waals surface area contributed by atoms with Gasteiger partial charge in [-0.25, -0.2) is 4.98 Å². The molecule has 1 saturated carbocycles. The van der Waals surface area contributed by atoms with Crippen molar-refractivity contribution in [3.63, 3.8) is 0 Å². The molecule has 0 spiro atoms. The molecule has 2 aromatic heterocycles. The summed E-state index contributed by atoms with van der Waals surface area (Å²) in [5.41, 5.74) is 8.13. The van der Waals surface area contributed by atoms with Gasteiger partial charge in [-0.3, -0.25) is 0 Å². The number of hydrogen-bond donors (Lipinski definition) is 1. The second kappa shape index (κ2) is 5.58. The first-order chi connectivity index (χ1) is 9.48. The minimum absolute atomic E-state index is 0.271. The summed E-state index contributed by atoms with van der Waals surface area (Å²) < 4.78 is 1.38. The number of nitrogens with zero attached hydrogens (tertiary/aromatic N) is 1. The quantitative estimate of drug-likeness (QED) is 0.774. The number of thiazole rings is 1. The zero-order valence-corrected chi connectivity index (χ0v) is 14.3. The third-order valence-corrected chi connectivity index (χ3v) is 6.45. The summed E-state index contributed by atoms with van der Waals surface area (Å²) >= 11 is 15.2. The first-order valence-electron chi connectivity index (χ1n) is 6.68. The van der Waals surface area contributed by atoms with Crippen molar-refractivity contribution in [1.82, 2.24) is 4.98 Å². The van der Waals surface area contributed by atoms with Gasteiger partial charge in [0.1, 0.15) is 9.34 Å². The molecule has 1 aliphatic carbocycles. The molecule has 20 heavy (non-hydrogen) atoms. The molecule has 0 radical (unpaired) electrons. The van der Waals surface area contributed by atoms with E-state index in [0.29, 0.717) is 14.6 Å². The van der Waals surface area contributed by atoms with Gasteiger partial charge in [0, 0.05) is 10.9 Å². The third kappa shape index (κ3) is 2.77. The highest BCUT2D eigenvalue weighted by Gasteiger charge is 2.35. The number of rotatable bonds is 2. The molecule has 0 aromatic carbocycles. The van der Waals surface area contributed by atoms with Crippen LogP contribution in [-0.4, -0.2) is 4.98 Å². The molecule has 0 bridgehead atoms. The van der Waals surface area contributed by atoms with E-state index in [1.807, 2.05) is 11.4 Å². The number of thiophene rings is 1. The van der Waals surface area contributed by atoms with Crippen LogP contribution in [0.1, 0.15) is 37.6 Å². The van der Waals surface area contributed by atoms with Crippen molar-refractivity contribution in [2.75, 3.05) is 0 Å². The molecule has 2 N–H and O–H groups in total. The fourth-order valence-electron chi connectivity index (χ4n) is 2.93. The molecule has 1 fully saturated rings. The van der Waals surface area contributed by atoms with Crippen molar-refractivity contribution in [1.29, 1.82) is 0 Å². The molecule has 108 valence electrons. The topological polar surface area (TPSA) is 38.9 Å². The Bertz CT molecular complexity index is 622. The zero-order valence-electron chi connectivity index (χ0n) is 11.2. The number of aromatic nitrogens is 1. The van der Waals surface area contributed by atoms with Crippen molar-refractivity contribution < 1.29 is 0 Å². The van der Waals surface area contributed by atoms with Gasteiger partial charge >= 0.3 is 0 Å². The zero-order chi connectivity index (χ0) is 14.3. The van der Waals surface area contributed by atoms with Crippen molar-refractivity contribution >= 4 is 45.9 Å². The molecule has 2 aromatic rings. The molecular formula is C14H16Cl2N2S2. The van der Waals surface area contributed by atoms with Crippen LogP contribution in [-0.2, 0) is 5.54 Å². The summed E-state index contributed by atoms with van der Waals surface area (Å²) in [6, 6.07) is 1.88. The van der Waals surface area contributed by atoms with Crippen molar-refractivity contribution in [2.24, 2.45) is 11.7 Å². The Morgan fingerprint density at radius 1 is 1.45 bits per heavy atom. The highest BCUT2D eigenvalue weighted by molar-refractivity contribution is 7.20. The highest BCUT2D eigenvalue weighted by Crippen LogP contribution is 2.42. The lowest BCUT2D eigenvalue weighted by atomic mass is 9.77. The van der Waals surface area contributed by atoms with E-state index in [-0.39, 0.29) is 5.54 Å². The van der Waals surface area contributed by atoms with E-state index in [1.54, 1.807) is 11.3 Å². The maximum Gasteiger partial charge on any atom is 0.113 e. The Labute approximate surface area is 136 Å². The lowest BCUT2D eigenvalue weighted by Crippen LogP contribution is -2.40. The Morgan fingerprint density at radius 3 is 2.90 bits per heavy atom. The predicted octanol–water partition coefficient (Wildman–Crippen LogP) is 5.54. The summed E-state index contributed by atoms with van der Waals surface area (Å²) in [7, 11) is 0. The molecular weight excluding hydrogens is 331 g/mol. The van der Waals surface area contributed by atoms with Crippen LogP contribution >= 0.6 is 45.9 Å². The second-order valence-electron chi connectivity index (χ2n) is 5.63. The van der Waals surface area contributed by atoms with E-state index in [9.17, 15) is 0 Å². The molecule has 2 nitrogen and oxygen atoms in total. The van der Waals surface area contributed by atoms with E-state index in [4.69, 9.17) is 33.9 Å². The predicted molar refractivity (Wildman–Crippen MR) is 88.9 cm³/mol. The summed E-state index contributed by atoms with van der Waals surface area (Å²) in [4.78, 5) is 4.74. The van der Waals surface area contributed by atoms with Gasteiger partial charge in [-0.15, -0.1) is 22.7 Å². The van der Waals surface area contributed by atoms with Gasteiger partial charge in [0.25, 0.3) is 0 Å². The van der Waals surface area contributed by atoms with Crippen molar-refractivity contribution in [3.05, 3.63) is 25.1 Å². The Kier molecular flexibility index (Phi) is 4.13. The van der Waals surface area contributed by atoms with Gasteiger partial charge in [-0.2, -0.15) is 0 Å². The minimum Gasteiger partial charge on any atom is -0.319 e. The molecule has 2 unspecified atom stereocenters. The van der Waals surface area contributed by atoms with Gasteiger partial charge in [0.15, 0.2) is 0 Å². The van der Waals surface area contributed by atoms with E-state index in [0.717, 1.165) is 29.1 Å². The second-order valence-corrected chi connectivity index (χ2v) is 8.78. The fourth-order valence-corrected chi connectivity index (χ4v) is 5.38. The number of halogens is 2. The maximum atomic E-state index is 6.60. The van der Waals surface area contributed by atoms with Gasteiger partial charge < -0.3 is 5.73 Å². The van der Waals surface area contributed by atoms with Crippen LogP contribution in [0, 0.1) is 5.92 Å². The molecule has 0 saturated heterocycles. The molecule has 1 aliphatic rings. The van der Waals surface area contributed by atoms with Crippen LogP contribution in [0.4, 0.5) is 0 Å². The summed E-state index contributed by atoms with van der Waals surface area (Å²) in [6.07, 6.45) is 4.47. The normalized spacial score (nSPS) is 26.9. The summed E-state index contributed by atoms with van der Waals surface area (Å²) in [5.74, 6) is 0.667. The largest absolute Gasteiger partial charge is 0.319 e. The average molecular weight is 347 g/mol. The Morgan fingerprint density at radius 2 is 2.25 bits per heavy atom. The summed E-state index contributed by atoms with van der Waals surface area (Å²) in [6.45, 7) is 2.27. The molecule has 6 heteroatoms. The van der Waals surface area contributed by atoms with Gasteiger partial charge in [-0.1, -0.05) is 43.0 Å². The average Bonchev–Trinajstić information content (AvgIpc) is 2.95. The number of nitrogens with two attached hydrogens (primary N) is 1. The minimum atomic E-state index is -0.271. The van der Waals surface area contributed by atoms with E-state index < -0.39 is 0 Å². The molecule has 0 aliphatic heterocycles. The van der Waals surface area contributed by atoms with Crippen LogP contribution in [0.5, 0.6) is 0 Å². The fraction of sp³-hybridized carbons (Fsp3) is 0.500.